The zero-order valence-electron chi connectivity index (χ0n) is 41.2. The van der Waals surface area contributed by atoms with Crippen molar-refractivity contribution in [1.29, 1.82) is 0 Å². The minimum absolute atomic E-state index is 0.249. The van der Waals surface area contributed by atoms with Crippen molar-refractivity contribution >= 4 is 5.91 Å². The highest BCUT2D eigenvalue weighted by Gasteiger charge is 2.44. The van der Waals surface area contributed by atoms with Gasteiger partial charge in [0, 0.05) is 0 Å². The molecule has 1 rings (SSSR count). The normalized spacial score (nSPS) is 20.5. The van der Waals surface area contributed by atoms with Gasteiger partial charge in [-0.3, -0.25) is 4.79 Å². The van der Waals surface area contributed by atoms with Gasteiger partial charge in [0.25, 0.3) is 0 Å². The second-order valence-electron chi connectivity index (χ2n) is 19.5. The van der Waals surface area contributed by atoms with Crippen molar-refractivity contribution in [2.45, 2.75) is 320 Å². The molecule has 0 spiro atoms. The molecule has 7 N–H and O–H groups in total. The van der Waals surface area contributed by atoms with Crippen molar-refractivity contribution in [2.24, 2.45) is 0 Å². The van der Waals surface area contributed by atoms with Crippen molar-refractivity contribution in [1.82, 2.24) is 5.32 Å². The lowest BCUT2D eigenvalue weighted by atomic mass is 9.99. The number of carbonyl (C=O) groups excluding carboxylic acids is 1. The van der Waals surface area contributed by atoms with E-state index in [1.165, 1.54) is 205 Å². The first-order valence-electron chi connectivity index (χ1n) is 27.3. The van der Waals surface area contributed by atoms with Gasteiger partial charge in [0.05, 0.1) is 25.4 Å². The summed E-state index contributed by atoms with van der Waals surface area (Å²) in [6.07, 6.45) is 40.1. The summed E-state index contributed by atoms with van der Waals surface area (Å²) in [6.45, 7) is 3.71. The lowest BCUT2D eigenvalue weighted by Crippen LogP contribution is -2.60. The quantitative estimate of drug-likeness (QED) is 0.0294. The van der Waals surface area contributed by atoms with E-state index in [4.69, 9.17) is 9.47 Å². The van der Waals surface area contributed by atoms with Crippen LogP contribution in [-0.4, -0.2) is 98.7 Å². The first kappa shape index (κ1) is 60.2. The molecule has 10 heteroatoms. The molecular formula is C53H105NO9. The van der Waals surface area contributed by atoms with Crippen LogP contribution in [0.3, 0.4) is 0 Å². The van der Waals surface area contributed by atoms with Gasteiger partial charge in [-0.05, 0) is 12.8 Å². The Morgan fingerprint density at radius 3 is 1.13 bits per heavy atom. The van der Waals surface area contributed by atoms with Crippen molar-refractivity contribution < 1.29 is 44.9 Å². The summed E-state index contributed by atoms with van der Waals surface area (Å²) in [4.78, 5) is 13.1. The molecule has 0 saturated carbocycles. The minimum atomic E-state index is -1.59. The molecule has 0 aromatic heterocycles. The van der Waals surface area contributed by atoms with Gasteiger partial charge in [-0.2, -0.15) is 0 Å². The number of hydrogen-bond acceptors (Lipinski definition) is 9. The molecule has 8 atom stereocenters. The first-order chi connectivity index (χ1) is 30.8. The summed E-state index contributed by atoms with van der Waals surface area (Å²) in [5, 5.41) is 65.1. The van der Waals surface area contributed by atoms with Crippen molar-refractivity contribution in [3.8, 4) is 0 Å². The van der Waals surface area contributed by atoms with Crippen LogP contribution in [0.25, 0.3) is 0 Å². The number of amides is 1. The number of carbonyl (C=O) groups is 1. The van der Waals surface area contributed by atoms with Crippen LogP contribution in [0.2, 0.25) is 0 Å². The van der Waals surface area contributed by atoms with Gasteiger partial charge in [-0.1, -0.05) is 258 Å². The highest BCUT2D eigenvalue weighted by Crippen LogP contribution is 2.23. The summed E-state index contributed by atoms with van der Waals surface area (Å²) < 4.78 is 11.2. The molecule has 1 aliphatic rings. The topological polar surface area (TPSA) is 169 Å². The largest absolute Gasteiger partial charge is 0.394 e. The minimum Gasteiger partial charge on any atom is -0.394 e. The molecule has 1 amide bonds. The van der Waals surface area contributed by atoms with Crippen molar-refractivity contribution in [2.75, 3.05) is 13.2 Å². The van der Waals surface area contributed by atoms with Gasteiger partial charge in [0.2, 0.25) is 5.91 Å². The first-order valence-corrected chi connectivity index (χ1v) is 27.3. The molecule has 1 saturated heterocycles. The highest BCUT2D eigenvalue weighted by molar-refractivity contribution is 5.80. The average molecular weight is 900 g/mol. The Balaban J connectivity index is 2.26. The third-order valence-electron chi connectivity index (χ3n) is 13.6. The maximum Gasteiger partial charge on any atom is 0.249 e. The average Bonchev–Trinajstić information content (AvgIpc) is 3.28. The molecular weight excluding hydrogens is 795 g/mol. The number of ether oxygens (including phenoxy) is 2. The SMILES string of the molecule is CCCCCCCCCCCCCCCCCCCCCCCCC(O)C(=O)NC(COC1OC(CO)C(O)C(O)C1O)C(O)CCCCCCCCCCCCCCCCCC. The second-order valence-corrected chi connectivity index (χ2v) is 19.5. The van der Waals surface area contributed by atoms with E-state index in [-0.39, 0.29) is 6.61 Å². The van der Waals surface area contributed by atoms with Crippen LogP contribution in [0.15, 0.2) is 0 Å². The fraction of sp³-hybridized carbons (Fsp3) is 0.981. The smallest absolute Gasteiger partial charge is 0.249 e. The molecule has 1 aliphatic heterocycles. The summed E-state index contributed by atoms with van der Waals surface area (Å²) >= 11 is 0. The number of hydrogen-bond donors (Lipinski definition) is 7. The van der Waals surface area contributed by atoms with Crippen molar-refractivity contribution in [3.63, 3.8) is 0 Å². The lowest BCUT2D eigenvalue weighted by molar-refractivity contribution is -0.302. The highest BCUT2D eigenvalue weighted by atomic mass is 16.7. The molecule has 10 nitrogen and oxygen atoms in total. The molecule has 376 valence electrons. The predicted octanol–water partition coefficient (Wildman–Crippen LogP) is 11.7. The van der Waals surface area contributed by atoms with Crippen LogP contribution < -0.4 is 5.32 Å². The Labute approximate surface area is 387 Å². The van der Waals surface area contributed by atoms with Crippen molar-refractivity contribution in [3.05, 3.63) is 0 Å². The van der Waals surface area contributed by atoms with E-state index in [0.29, 0.717) is 12.8 Å². The maximum absolute atomic E-state index is 13.1. The number of aliphatic hydroxyl groups excluding tert-OH is 6. The molecule has 0 aliphatic carbocycles. The molecule has 0 radical (unpaired) electrons. The van der Waals surface area contributed by atoms with E-state index in [1.807, 2.05) is 0 Å². The van der Waals surface area contributed by atoms with Gasteiger partial charge in [-0.15, -0.1) is 0 Å². The van der Waals surface area contributed by atoms with Gasteiger partial charge in [-0.25, -0.2) is 0 Å². The van der Waals surface area contributed by atoms with Gasteiger partial charge < -0.3 is 45.4 Å². The van der Waals surface area contributed by atoms with E-state index >= 15 is 0 Å². The maximum atomic E-state index is 13.1. The fourth-order valence-electron chi connectivity index (χ4n) is 9.11. The second kappa shape index (κ2) is 43.7. The number of rotatable bonds is 47. The Morgan fingerprint density at radius 2 is 0.794 bits per heavy atom. The van der Waals surface area contributed by atoms with Gasteiger partial charge >= 0.3 is 0 Å². The molecule has 1 fully saturated rings. The van der Waals surface area contributed by atoms with E-state index in [9.17, 15) is 35.4 Å². The number of unbranched alkanes of at least 4 members (excludes halogenated alkanes) is 36. The molecule has 0 bridgehead atoms. The van der Waals surface area contributed by atoms with Crippen LogP contribution in [0.1, 0.15) is 271 Å². The summed E-state index contributed by atoms with van der Waals surface area (Å²) in [5.41, 5.74) is 0. The zero-order chi connectivity index (χ0) is 46.0. The van der Waals surface area contributed by atoms with E-state index < -0.39 is 61.5 Å². The Hall–Kier alpha value is -0.850. The van der Waals surface area contributed by atoms with Gasteiger partial charge in [0.1, 0.15) is 30.5 Å². The lowest BCUT2D eigenvalue weighted by Gasteiger charge is -2.40. The van der Waals surface area contributed by atoms with Crippen LogP contribution in [0.5, 0.6) is 0 Å². The predicted molar refractivity (Wildman–Crippen MR) is 260 cm³/mol. The van der Waals surface area contributed by atoms with E-state index in [1.54, 1.807) is 0 Å². The standard InChI is InChI=1S/C53H105NO9/c1-3-5-7-9-11-13-15-17-19-21-22-23-24-25-26-28-30-32-34-36-38-40-42-47(57)52(61)54-45(44-62-53-51(60)50(59)49(58)48(43-55)63-53)46(56)41-39-37-35-33-31-29-27-20-18-16-14-12-10-8-6-4-2/h45-51,53,55-60H,3-44H2,1-2H3,(H,54,61). The zero-order valence-corrected chi connectivity index (χ0v) is 41.2. The molecule has 8 unspecified atom stereocenters. The molecule has 0 aromatic rings. The third kappa shape index (κ3) is 33.3. The van der Waals surface area contributed by atoms with E-state index in [0.717, 1.165) is 38.5 Å². The fourth-order valence-corrected chi connectivity index (χ4v) is 9.11. The summed E-state index contributed by atoms with van der Waals surface area (Å²) in [7, 11) is 0. The van der Waals surface area contributed by atoms with Crippen LogP contribution in [-0.2, 0) is 14.3 Å². The Kier molecular flexibility index (Phi) is 41.7. The Morgan fingerprint density at radius 1 is 0.476 bits per heavy atom. The van der Waals surface area contributed by atoms with Gasteiger partial charge in [0.15, 0.2) is 6.29 Å². The molecule has 1 heterocycles. The van der Waals surface area contributed by atoms with Crippen LogP contribution >= 0.6 is 0 Å². The monoisotopic (exact) mass is 900 g/mol. The Bertz CT molecular complexity index is 973. The van der Waals surface area contributed by atoms with Crippen LogP contribution in [0.4, 0.5) is 0 Å². The third-order valence-corrected chi connectivity index (χ3v) is 13.6. The number of aliphatic hydroxyl groups is 6. The van der Waals surface area contributed by atoms with E-state index in [2.05, 4.69) is 19.2 Å². The van der Waals surface area contributed by atoms with Crippen LogP contribution in [0, 0.1) is 0 Å². The summed E-state index contributed by atoms with van der Waals surface area (Å²) in [5.74, 6) is -0.577. The molecule has 63 heavy (non-hydrogen) atoms. The molecule has 0 aromatic carbocycles. The summed E-state index contributed by atoms with van der Waals surface area (Å²) in [6, 6.07) is -0.889. The number of nitrogens with one attached hydrogen (secondary N) is 1.